The van der Waals surface area contributed by atoms with Crippen molar-refractivity contribution >= 4 is 57.0 Å². The van der Waals surface area contributed by atoms with E-state index in [1.165, 1.54) is 99.9 Å². The second-order valence-corrected chi connectivity index (χ2v) is 20.2. The second kappa shape index (κ2) is 23.0. The van der Waals surface area contributed by atoms with Gasteiger partial charge in [-0.25, -0.2) is 0 Å². The third kappa shape index (κ3) is 10.2. The minimum Gasteiger partial charge on any atom is -0.310 e. The molecule has 4 aromatic heterocycles. The highest BCUT2D eigenvalue weighted by Gasteiger charge is 2.22. The molecular weight excluding hydrogens is 921 g/mol. The second-order valence-electron chi connectivity index (χ2n) is 20.2. The van der Waals surface area contributed by atoms with E-state index in [1.54, 1.807) is 0 Å². The van der Waals surface area contributed by atoms with Gasteiger partial charge in [0.1, 0.15) is 0 Å². The molecule has 0 saturated carbocycles. The van der Waals surface area contributed by atoms with Gasteiger partial charge in [0.05, 0.1) is 22.2 Å². The number of hydrogen-bond donors (Lipinski definition) is 0. The van der Waals surface area contributed by atoms with Crippen LogP contribution in [0.15, 0.2) is 208 Å². The van der Waals surface area contributed by atoms with Gasteiger partial charge >= 0.3 is 0 Å². The lowest BCUT2D eigenvalue weighted by Gasteiger charge is -2.15. The van der Waals surface area contributed by atoms with Gasteiger partial charge in [-0.05, 0) is 182 Å². The molecule has 4 heterocycles. The molecule has 1 unspecified atom stereocenters. The van der Waals surface area contributed by atoms with E-state index in [9.17, 15) is 0 Å². The molecule has 4 heteroatoms. The minimum absolute atomic E-state index is 0.486. The molecule has 1 aliphatic rings. The smallest absolute Gasteiger partial charge is 0.0571 e. The van der Waals surface area contributed by atoms with Gasteiger partial charge in [-0.2, -0.15) is 0 Å². The summed E-state index contributed by atoms with van der Waals surface area (Å²) < 4.78 is 7.19. The molecule has 378 valence electrons. The Hall–Kier alpha value is -8.47. The zero-order chi connectivity index (χ0) is 52.7. The van der Waals surface area contributed by atoms with Crippen molar-refractivity contribution in [3.8, 4) is 17.1 Å². The van der Waals surface area contributed by atoms with Gasteiger partial charge < -0.3 is 13.7 Å². The van der Waals surface area contributed by atoms with Crippen LogP contribution in [0.5, 0.6) is 0 Å². The largest absolute Gasteiger partial charge is 0.310 e. The standard InChI is InChI=1S/C64H56N4.C8H14/c1-5-15-59-53(7-3)55-17-9-12-20-61(55)66(59)50-29-23-44(24-30-50)37-47-40-48(38-45-25-31-51(32-26-45)67-60(16-6-2)54(8-4)56-18-10-13-21-62(56)67)42-49(41-47)39-46-27-33-52(34-28-46)68-63-22-14-11-19-57(63)58-43-65-36-35-64(58)68;1-5-7(3)8(4)6-2/h5-7,9,11-17,19-36,40-43H,3,8,10,18,37-39H2,1-2,4H3;5,7H,1,4,6H2,2-3H3/b15-5-,16-6-;. The summed E-state index contributed by atoms with van der Waals surface area (Å²) in [5.74, 6) is 0.486. The first-order chi connectivity index (χ1) is 37.2. The summed E-state index contributed by atoms with van der Waals surface area (Å²) in [5, 5.41) is 3.60. The van der Waals surface area contributed by atoms with Crippen LogP contribution in [-0.2, 0) is 32.1 Å². The Morgan fingerprint density at radius 3 is 1.63 bits per heavy atom. The van der Waals surface area contributed by atoms with Gasteiger partial charge in [-0.3, -0.25) is 4.98 Å². The van der Waals surface area contributed by atoms with Gasteiger partial charge in [0, 0.05) is 62.6 Å². The van der Waals surface area contributed by atoms with Crippen molar-refractivity contribution < 1.29 is 0 Å². The highest BCUT2D eigenvalue weighted by atomic mass is 15.0. The lowest BCUT2D eigenvalue weighted by molar-refractivity contribution is 0.817. The molecular formula is C72H70N4. The maximum Gasteiger partial charge on any atom is 0.0571 e. The van der Waals surface area contributed by atoms with Crippen LogP contribution in [0.3, 0.4) is 0 Å². The number of para-hydroxylation sites is 2. The molecule has 4 nitrogen and oxygen atoms in total. The molecule has 0 bridgehead atoms. The zero-order valence-electron chi connectivity index (χ0n) is 45.1. The lowest BCUT2D eigenvalue weighted by Crippen LogP contribution is -2.02. The van der Waals surface area contributed by atoms with Crippen molar-refractivity contribution in [1.29, 1.82) is 0 Å². The SMILES string of the molecule is C=CC(C)C(=C)CC.C=Cc1c(/C=C\C)n(-c2ccc(Cc3cc(Cc4ccc(-n5c6c(c(CC)c5/C=C\C)CCC=C6)cc4)cc(Cc4ccc(-n5c6ccccc6c6cnccc65)cc4)c3)cc2)c2ccccc12. The van der Waals surface area contributed by atoms with Crippen molar-refractivity contribution in [2.45, 2.75) is 79.6 Å². The van der Waals surface area contributed by atoms with E-state index in [-0.39, 0.29) is 0 Å². The average molecular weight is 991 g/mol. The van der Waals surface area contributed by atoms with Crippen molar-refractivity contribution in [2.75, 3.05) is 0 Å². The minimum atomic E-state index is 0.486. The Balaban J connectivity index is 0.000000761. The Morgan fingerprint density at radius 2 is 1.11 bits per heavy atom. The Labute approximate surface area is 450 Å². The third-order valence-electron chi connectivity index (χ3n) is 15.3. The van der Waals surface area contributed by atoms with Crippen molar-refractivity contribution in [1.82, 2.24) is 18.7 Å². The first kappa shape index (κ1) is 51.0. The number of pyridine rings is 1. The van der Waals surface area contributed by atoms with Gasteiger partial charge in [-0.1, -0.05) is 161 Å². The van der Waals surface area contributed by atoms with Crippen LogP contribution in [0.4, 0.5) is 0 Å². The van der Waals surface area contributed by atoms with E-state index in [2.05, 4.69) is 255 Å². The summed E-state index contributed by atoms with van der Waals surface area (Å²) in [4.78, 5) is 4.46. The lowest BCUT2D eigenvalue weighted by atomic mass is 9.94. The predicted molar refractivity (Wildman–Crippen MR) is 328 cm³/mol. The van der Waals surface area contributed by atoms with Crippen LogP contribution >= 0.6 is 0 Å². The zero-order valence-corrected chi connectivity index (χ0v) is 45.1. The number of hydrogen-bond acceptors (Lipinski definition) is 1. The molecule has 1 aliphatic carbocycles. The fourth-order valence-electron chi connectivity index (χ4n) is 11.4. The normalized spacial score (nSPS) is 12.6. The first-order valence-electron chi connectivity index (χ1n) is 27.2. The molecule has 6 aromatic carbocycles. The van der Waals surface area contributed by atoms with E-state index in [0.717, 1.165) is 67.6 Å². The molecule has 0 N–H and O–H groups in total. The van der Waals surface area contributed by atoms with Gasteiger partial charge in [0.15, 0.2) is 0 Å². The van der Waals surface area contributed by atoms with E-state index >= 15 is 0 Å². The highest BCUT2D eigenvalue weighted by molar-refractivity contribution is 6.08. The predicted octanol–water partition coefficient (Wildman–Crippen LogP) is 18.7. The van der Waals surface area contributed by atoms with Crippen LogP contribution in [0.1, 0.15) is 115 Å². The number of nitrogens with zero attached hydrogens (tertiary/aromatic N) is 4. The molecule has 0 aliphatic heterocycles. The van der Waals surface area contributed by atoms with E-state index in [0.29, 0.717) is 5.92 Å². The number of benzene rings is 6. The van der Waals surface area contributed by atoms with E-state index in [4.69, 9.17) is 0 Å². The van der Waals surface area contributed by atoms with E-state index < -0.39 is 0 Å². The Morgan fingerprint density at radius 1 is 0.592 bits per heavy atom. The molecule has 0 spiro atoms. The summed E-state index contributed by atoms with van der Waals surface area (Å²) in [6.45, 7) is 22.4. The first-order valence-corrected chi connectivity index (χ1v) is 27.2. The summed E-state index contributed by atoms with van der Waals surface area (Å²) in [5.41, 5.74) is 24.1. The molecule has 10 aromatic rings. The van der Waals surface area contributed by atoms with Crippen LogP contribution in [0.2, 0.25) is 0 Å². The van der Waals surface area contributed by atoms with Crippen LogP contribution in [0, 0.1) is 5.92 Å². The number of aromatic nitrogens is 4. The van der Waals surface area contributed by atoms with Crippen molar-refractivity contribution in [2.24, 2.45) is 5.92 Å². The molecule has 76 heavy (non-hydrogen) atoms. The summed E-state index contributed by atoms with van der Waals surface area (Å²) in [7, 11) is 0. The topological polar surface area (TPSA) is 27.7 Å². The Bertz CT molecular complexity index is 3770. The average Bonchev–Trinajstić information content (AvgIpc) is 4.09. The van der Waals surface area contributed by atoms with Crippen LogP contribution in [0.25, 0.3) is 74.1 Å². The maximum absolute atomic E-state index is 4.46. The van der Waals surface area contributed by atoms with E-state index in [1.807, 2.05) is 24.5 Å². The summed E-state index contributed by atoms with van der Waals surface area (Å²) in [6.07, 6.45) is 28.0. The van der Waals surface area contributed by atoms with Crippen LogP contribution < -0.4 is 0 Å². The molecule has 0 amide bonds. The monoisotopic (exact) mass is 991 g/mol. The number of rotatable bonds is 16. The molecule has 0 saturated heterocycles. The fraction of sp³-hybridized carbons (Fsp3) is 0.181. The number of allylic oxidation sites excluding steroid dienone is 5. The number of fused-ring (bicyclic) bond motifs is 5. The van der Waals surface area contributed by atoms with Gasteiger partial charge in [0.25, 0.3) is 0 Å². The summed E-state index contributed by atoms with van der Waals surface area (Å²) >= 11 is 0. The van der Waals surface area contributed by atoms with Gasteiger partial charge in [-0.15, -0.1) is 6.58 Å². The summed E-state index contributed by atoms with van der Waals surface area (Å²) in [6, 6.07) is 54.2. The molecule has 11 rings (SSSR count). The quantitative estimate of drug-likeness (QED) is 0.0887. The van der Waals surface area contributed by atoms with Gasteiger partial charge in [0.2, 0.25) is 0 Å². The molecule has 1 atom stereocenters. The molecule has 0 fully saturated rings. The van der Waals surface area contributed by atoms with Crippen molar-refractivity contribution in [3.63, 3.8) is 0 Å². The fourth-order valence-corrected chi connectivity index (χ4v) is 11.4. The highest BCUT2D eigenvalue weighted by Crippen LogP contribution is 2.36. The third-order valence-corrected chi connectivity index (χ3v) is 15.3. The molecule has 0 radical (unpaired) electrons. The van der Waals surface area contributed by atoms with Crippen molar-refractivity contribution in [3.05, 3.63) is 275 Å². The Kier molecular flexibility index (Phi) is 15.4. The van der Waals surface area contributed by atoms with Crippen LogP contribution in [-0.4, -0.2) is 18.7 Å². The maximum atomic E-state index is 4.46.